The maximum atomic E-state index is 9.19. The van der Waals surface area contributed by atoms with Gasteiger partial charge in [0, 0.05) is 36.7 Å². The van der Waals surface area contributed by atoms with Crippen LogP contribution in [0.25, 0.3) is 0 Å². The van der Waals surface area contributed by atoms with Crippen LogP contribution in [0, 0.1) is 11.3 Å². The predicted molar refractivity (Wildman–Crippen MR) is 81.3 cm³/mol. The minimum atomic E-state index is 0.476. The Labute approximate surface area is 123 Å². The molecule has 1 fully saturated rings. The number of nitriles is 1. The fourth-order valence-electron chi connectivity index (χ4n) is 2.33. The molecule has 2 rings (SSSR count). The van der Waals surface area contributed by atoms with E-state index in [2.05, 4.69) is 51.2 Å². The molecule has 0 aromatic heterocycles. The van der Waals surface area contributed by atoms with Gasteiger partial charge < -0.3 is 10.2 Å². The van der Waals surface area contributed by atoms with Crippen LogP contribution in [0.3, 0.4) is 0 Å². The maximum absolute atomic E-state index is 9.19. The van der Waals surface area contributed by atoms with E-state index in [1.807, 2.05) is 18.2 Å². The quantitative estimate of drug-likeness (QED) is 0.924. The van der Waals surface area contributed by atoms with Gasteiger partial charge in [0.15, 0.2) is 0 Å². The topological polar surface area (TPSA) is 42.3 Å². The highest BCUT2D eigenvalue weighted by molar-refractivity contribution is 9.10. The molecule has 102 valence electrons. The van der Waals surface area contributed by atoms with E-state index in [-0.39, 0.29) is 0 Å². The molecule has 1 atom stereocenters. The zero-order valence-electron chi connectivity index (χ0n) is 11.4. The van der Waals surface area contributed by atoms with Crippen molar-refractivity contribution in [3.05, 3.63) is 28.2 Å². The molecule has 1 aliphatic heterocycles. The Bertz CT molecular complexity index is 483. The molecule has 19 heavy (non-hydrogen) atoms. The average molecular weight is 323 g/mol. The van der Waals surface area contributed by atoms with Crippen molar-refractivity contribution in [2.45, 2.75) is 6.04 Å². The zero-order valence-corrected chi connectivity index (χ0v) is 12.9. The van der Waals surface area contributed by atoms with Gasteiger partial charge in [-0.25, -0.2) is 0 Å². The number of nitrogens with one attached hydrogen (secondary N) is 1. The van der Waals surface area contributed by atoms with Gasteiger partial charge in [0.05, 0.1) is 11.3 Å². The van der Waals surface area contributed by atoms with Gasteiger partial charge in [-0.1, -0.05) is 6.07 Å². The lowest BCUT2D eigenvalue weighted by molar-refractivity contribution is 0.122. The molecule has 1 aromatic rings. The SMILES string of the molecule is CN1CCN(C)C(CNc2cccc(Br)c2C#N)C1. The first-order valence-corrected chi connectivity index (χ1v) is 7.22. The minimum Gasteiger partial charge on any atom is -0.382 e. The first-order chi connectivity index (χ1) is 9.11. The van der Waals surface area contributed by atoms with Crippen LogP contribution in [0.2, 0.25) is 0 Å². The van der Waals surface area contributed by atoms with Crippen molar-refractivity contribution in [1.29, 1.82) is 5.26 Å². The monoisotopic (exact) mass is 322 g/mol. The highest BCUT2D eigenvalue weighted by Crippen LogP contribution is 2.24. The number of piperazine rings is 1. The fraction of sp³-hybridized carbons (Fsp3) is 0.500. The summed E-state index contributed by atoms with van der Waals surface area (Å²) in [6.07, 6.45) is 0. The van der Waals surface area contributed by atoms with Crippen LogP contribution in [0.15, 0.2) is 22.7 Å². The van der Waals surface area contributed by atoms with Crippen molar-refractivity contribution in [3.63, 3.8) is 0 Å². The molecule has 4 nitrogen and oxygen atoms in total. The molecule has 1 saturated heterocycles. The van der Waals surface area contributed by atoms with Crippen molar-refractivity contribution < 1.29 is 0 Å². The Balaban J connectivity index is 2.03. The van der Waals surface area contributed by atoms with Crippen molar-refractivity contribution in [2.75, 3.05) is 45.6 Å². The summed E-state index contributed by atoms with van der Waals surface area (Å²) >= 11 is 3.41. The lowest BCUT2D eigenvalue weighted by Gasteiger charge is -2.38. The summed E-state index contributed by atoms with van der Waals surface area (Å²) < 4.78 is 0.842. The summed E-state index contributed by atoms with van der Waals surface area (Å²) in [4.78, 5) is 4.72. The summed E-state index contributed by atoms with van der Waals surface area (Å²) in [5, 5.41) is 12.6. The molecule has 0 radical (unpaired) electrons. The third-order valence-electron chi connectivity index (χ3n) is 3.63. The zero-order chi connectivity index (χ0) is 13.8. The van der Waals surface area contributed by atoms with Crippen LogP contribution in [0.4, 0.5) is 5.69 Å². The van der Waals surface area contributed by atoms with E-state index in [4.69, 9.17) is 0 Å². The average Bonchev–Trinajstić information content (AvgIpc) is 2.40. The molecular formula is C14H19BrN4. The van der Waals surface area contributed by atoms with Gasteiger partial charge >= 0.3 is 0 Å². The normalized spacial score (nSPS) is 21.1. The maximum Gasteiger partial charge on any atom is 0.103 e. The van der Waals surface area contributed by atoms with Crippen molar-refractivity contribution in [3.8, 4) is 6.07 Å². The number of anilines is 1. The van der Waals surface area contributed by atoms with Crippen LogP contribution in [-0.2, 0) is 0 Å². The van der Waals surface area contributed by atoms with E-state index in [0.29, 0.717) is 11.6 Å². The number of benzene rings is 1. The summed E-state index contributed by atoms with van der Waals surface area (Å²) in [6.45, 7) is 4.12. The van der Waals surface area contributed by atoms with E-state index in [0.717, 1.165) is 36.3 Å². The first kappa shape index (κ1) is 14.3. The van der Waals surface area contributed by atoms with Gasteiger partial charge in [-0.05, 0) is 42.2 Å². The predicted octanol–water partition coefficient (Wildman–Crippen LogP) is 1.98. The van der Waals surface area contributed by atoms with Crippen LogP contribution in [-0.4, -0.2) is 56.1 Å². The Morgan fingerprint density at radius 1 is 1.42 bits per heavy atom. The van der Waals surface area contributed by atoms with Crippen molar-refractivity contribution in [2.24, 2.45) is 0 Å². The third kappa shape index (κ3) is 3.47. The number of rotatable bonds is 3. The standard InChI is InChI=1S/C14H19BrN4/c1-18-6-7-19(2)11(10-18)9-17-14-5-3-4-13(15)12(14)8-16/h3-5,11,17H,6-7,9-10H2,1-2H3. The number of halogens is 1. The Morgan fingerprint density at radius 2 is 2.21 bits per heavy atom. The molecule has 1 heterocycles. The summed E-state index contributed by atoms with van der Waals surface area (Å²) in [7, 11) is 4.31. The van der Waals surface area contributed by atoms with E-state index in [1.54, 1.807) is 0 Å². The molecule has 1 unspecified atom stereocenters. The minimum absolute atomic E-state index is 0.476. The van der Waals surface area contributed by atoms with Gasteiger partial charge in [-0.3, -0.25) is 4.90 Å². The molecule has 0 bridgehead atoms. The van der Waals surface area contributed by atoms with Crippen molar-refractivity contribution >= 4 is 21.6 Å². The van der Waals surface area contributed by atoms with Gasteiger partial charge in [0.2, 0.25) is 0 Å². The highest BCUT2D eigenvalue weighted by atomic mass is 79.9. The highest BCUT2D eigenvalue weighted by Gasteiger charge is 2.22. The molecule has 0 aliphatic carbocycles. The van der Waals surface area contributed by atoms with Crippen molar-refractivity contribution in [1.82, 2.24) is 9.80 Å². The second-order valence-electron chi connectivity index (χ2n) is 5.05. The number of hydrogen-bond acceptors (Lipinski definition) is 4. The van der Waals surface area contributed by atoms with Gasteiger partial charge in [-0.2, -0.15) is 5.26 Å². The fourth-order valence-corrected chi connectivity index (χ4v) is 2.79. The third-order valence-corrected chi connectivity index (χ3v) is 4.29. The van der Waals surface area contributed by atoms with Gasteiger partial charge in [-0.15, -0.1) is 0 Å². The number of hydrogen-bond donors (Lipinski definition) is 1. The first-order valence-electron chi connectivity index (χ1n) is 6.43. The summed E-state index contributed by atoms with van der Waals surface area (Å²) in [5.41, 5.74) is 1.58. The molecular weight excluding hydrogens is 304 g/mol. The second kappa shape index (κ2) is 6.38. The number of nitrogens with zero attached hydrogens (tertiary/aromatic N) is 3. The van der Waals surface area contributed by atoms with E-state index in [1.165, 1.54) is 0 Å². The summed E-state index contributed by atoms with van der Waals surface area (Å²) in [5.74, 6) is 0. The van der Waals surface area contributed by atoms with Crippen LogP contribution in [0.1, 0.15) is 5.56 Å². The molecule has 1 aromatic carbocycles. The van der Waals surface area contributed by atoms with Crippen LogP contribution in [0.5, 0.6) is 0 Å². The van der Waals surface area contributed by atoms with E-state index < -0.39 is 0 Å². The lowest BCUT2D eigenvalue weighted by atomic mass is 10.1. The summed E-state index contributed by atoms with van der Waals surface area (Å²) in [6, 6.07) is 8.51. The smallest absolute Gasteiger partial charge is 0.103 e. The Morgan fingerprint density at radius 3 is 2.95 bits per heavy atom. The van der Waals surface area contributed by atoms with Gasteiger partial charge in [0.1, 0.15) is 6.07 Å². The lowest BCUT2D eigenvalue weighted by Crippen LogP contribution is -2.52. The molecule has 0 spiro atoms. The van der Waals surface area contributed by atoms with E-state index in [9.17, 15) is 5.26 Å². The largest absolute Gasteiger partial charge is 0.382 e. The molecule has 0 amide bonds. The van der Waals surface area contributed by atoms with Crippen LogP contribution >= 0.6 is 15.9 Å². The molecule has 0 saturated carbocycles. The molecule has 1 aliphatic rings. The Kier molecular flexibility index (Phi) is 4.81. The van der Waals surface area contributed by atoms with Gasteiger partial charge in [0.25, 0.3) is 0 Å². The Hall–Kier alpha value is -1.09. The number of likely N-dealkylation sites (N-methyl/N-ethyl adjacent to an activating group) is 2. The molecule has 1 N–H and O–H groups in total. The molecule has 5 heteroatoms. The van der Waals surface area contributed by atoms with E-state index >= 15 is 0 Å². The second-order valence-corrected chi connectivity index (χ2v) is 5.91. The van der Waals surface area contributed by atoms with Crippen LogP contribution < -0.4 is 5.32 Å².